The summed E-state index contributed by atoms with van der Waals surface area (Å²) in [5.74, 6) is 0.404. The topological polar surface area (TPSA) is 101 Å². The van der Waals surface area contributed by atoms with Crippen LogP contribution in [-0.2, 0) is 10.0 Å². The Kier molecular flexibility index (Phi) is 3.83. The molecule has 0 amide bonds. The maximum absolute atomic E-state index is 12.5. The normalized spacial score (nSPS) is 11.4. The van der Waals surface area contributed by atoms with E-state index in [4.69, 9.17) is 0 Å². The molecule has 118 valence electrons. The molecule has 23 heavy (non-hydrogen) atoms. The molecule has 7 nitrogen and oxygen atoms in total. The van der Waals surface area contributed by atoms with E-state index in [-0.39, 0.29) is 4.90 Å². The second-order valence-electron chi connectivity index (χ2n) is 5.18. The third kappa shape index (κ3) is 3.21. The van der Waals surface area contributed by atoms with Crippen molar-refractivity contribution >= 4 is 15.7 Å². The third-order valence-corrected chi connectivity index (χ3v) is 4.80. The van der Waals surface area contributed by atoms with E-state index in [0.29, 0.717) is 17.1 Å². The molecule has 3 aromatic rings. The van der Waals surface area contributed by atoms with E-state index in [1.54, 1.807) is 36.4 Å². The van der Waals surface area contributed by atoms with Crippen molar-refractivity contribution in [3.05, 3.63) is 53.6 Å². The lowest BCUT2D eigenvalue weighted by Crippen LogP contribution is -2.13. The van der Waals surface area contributed by atoms with Crippen LogP contribution in [0.1, 0.15) is 11.1 Å². The second kappa shape index (κ2) is 5.81. The zero-order valence-electron chi connectivity index (χ0n) is 12.6. The van der Waals surface area contributed by atoms with Crippen LogP contribution in [0.3, 0.4) is 0 Å². The number of aromatic nitrogens is 4. The van der Waals surface area contributed by atoms with Crippen LogP contribution in [0.4, 0.5) is 5.69 Å². The molecule has 1 heterocycles. The molecule has 0 bridgehead atoms. The van der Waals surface area contributed by atoms with Gasteiger partial charge in [0.15, 0.2) is 0 Å². The van der Waals surface area contributed by atoms with Crippen molar-refractivity contribution in [1.29, 1.82) is 0 Å². The molecular formula is C15H15N5O2S. The Bertz CT molecular complexity index is 919. The van der Waals surface area contributed by atoms with E-state index < -0.39 is 10.0 Å². The van der Waals surface area contributed by atoms with Gasteiger partial charge in [0, 0.05) is 5.56 Å². The summed E-state index contributed by atoms with van der Waals surface area (Å²) in [7, 11) is -3.65. The molecular weight excluding hydrogens is 314 g/mol. The highest BCUT2D eigenvalue weighted by atomic mass is 32.2. The molecule has 0 unspecified atom stereocenters. The van der Waals surface area contributed by atoms with Crippen molar-refractivity contribution in [2.45, 2.75) is 18.7 Å². The fourth-order valence-corrected chi connectivity index (χ4v) is 3.20. The van der Waals surface area contributed by atoms with E-state index in [2.05, 4.69) is 25.3 Å². The Morgan fingerprint density at radius 1 is 1.04 bits per heavy atom. The molecule has 0 atom stereocenters. The van der Waals surface area contributed by atoms with Crippen LogP contribution in [-0.4, -0.2) is 29.0 Å². The first-order chi connectivity index (χ1) is 11.0. The zero-order valence-corrected chi connectivity index (χ0v) is 13.4. The van der Waals surface area contributed by atoms with Crippen molar-refractivity contribution in [2.24, 2.45) is 0 Å². The highest BCUT2D eigenvalue weighted by Gasteiger charge is 2.16. The van der Waals surface area contributed by atoms with Gasteiger partial charge in [-0.25, -0.2) is 8.42 Å². The van der Waals surface area contributed by atoms with E-state index in [0.717, 1.165) is 11.1 Å². The number of sulfonamides is 1. The van der Waals surface area contributed by atoms with E-state index in [1.807, 2.05) is 19.9 Å². The van der Waals surface area contributed by atoms with Crippen LogP contribution in [0.25, 0.3) is 11.4 Å². The molecule has 3 rings (SSSR count). The summed E-state index contributed by atoms with van der Waals surface area (Å²) < 4.78 is 27.6. The van der Waals surface area contributed by atoms with Crippen molar-refractivity contribution in [3.8, 4) is 11.4 Å². The number of tetrazole rings is 1. The first-order valence-corrected chi connectivity index (χ1v) is 8.38. The first-order valence-electron chi connectivity index (χ1n) is 6.90. The molecule has 0 radical (unpaired) electrons. The summed E-state index contributed by atoms with van der Waals surface area (Å²) in [6.45, 7) is 3.73. The van der Waals surface area contributed by atoms with Crippen LogP contribution in [0.5, 0.6) is 0 Å². The van der Waals surface area contributed by atoms with Gasteiger partial charge in [-0.1, -0.05) is 29.8 Å². The molecule has 0 aliphatic heterocycles. The first kappa shape index (κ1) is 15.2. The summed E-state index contributed by atoms with van der Waals surface area (Å²) in [4.78, 5) is 0.215. The lowest BCUT2D eigenvalue weighted by molar-refractivity contribution is 0.601. The van der Waals surface area contributed by atoms with Crippen molar-refractivity contribution in [1.82, 2.24) is 20.6 Å². The van der Waals surface area contributed by atoms with Crippen LogP contribution in [0.2, 0.25) is 0 Å². The molecule has 1 aromatic heterocycles. The van der Waals surface area contributed by atoms with Crippen LogP contribution >= 0.6 is 0 Å². The number of hydrogen-bond donors (Lipinski definition) is 2. The van der Waals surface area contributed by atoms with Gasteiger partial charge in [0.05, 0.1) is 10.6 Å². The maximum Gasteiger partial charge on any atom is 0.261 e. The molecule has 0 aliphatic rings. The Balaban J connectivity index is 1.96. The minimum atomic E-state index is -3.65. The van der Waals surface area contributed by atoms with Gasteiger partial charge in [-0.15, -0.1) is 10.2 Å². The molecule has 2 aromatic carbocycles. The van der Waals surface area contributed by atoms with Gasteiger partial charge in [-0.05, 0) is 42.8 Å². The number of H-pyrrole nitrogens is 1. The van der Waals surface area contributed by atoms with Gasteiger partial charge < -0.3 is 0 Å². The van der Waals surface area contributed by atoms with Gasteiger partial charge in [0.2, 0.25) is 5.82 Å². The number of nitrogens with one attached hydrogen (secondary N) is 2. The SMILES string of the molecule is Cc1ccc(S(=O)(=O)Nc2cc(-c3nn[nH]n3)ccc2C)cc1. The number of hydrogen-bond acceptors (Lipinski definition) is 5. The fourth-order valence-electron chi connectivity index (χ4n) is 2.08. The molecule has 0 fully saturated rings. The average Bonchev–Trinajstić information content (AvgIpc) is 3.04. The van der Waals surface area contributed by atoms with Gasteiger partial charge in [0.1, 0.15) is 0 Å². The van der Waals surface area contributed by atoms with Crippen molar-refractivity contribution < 1.29 is 8.42 Å². The van der Waals surface area contributed by atoms with E-state index in [1.165, 1.54) is 0 Å². The van der Waals surface area contributed by atoms with E-state index in [9.17, 15) is 8.42 Å². The zero-order chi connectivity index (χ0) is 16.4. The lowest BCUT2D eigenvalue weighted by Gasteiger charge is -2.11. The Morgan fingerprint density at radius 2 is 1.78 bits per heavy atom. The average molecular weight is 329 g/mol. The van der Waals surface area contributed by atoms with Crippen molar-refractivity contribution in [2.75, 3.05) is 4.72 Å². The molecule has 2 N–H and O–H groups in total. The fraction of sp³-hybridized carbons (Fsp3) is 0.133. The quantitative estimate of drug-likeness (QED) is 0.765. The van der Waals surface area contributed by atoms with Crippen LogP contribution < -0.4 is 4.72 Å². The maximum atomic E-state index is 12.5. The summed E-state index contributed by atoms with van der Waals surface area (Å²) >= 11 is 0. The van der Waals surface area contributed by atoms with Gasteiger partial charge in [-0.2, -0.15) is 5.21 Å². The Labute approximate surface area is 133 Å². The number of aromatic amines is 1. The summed E-state index contributed by atoms with van der Waals surface area (Å²) in [5.41, 5.74) is 2.95. The predicted octanol–water partition coefficient (Wildman–Crippen LogP) is 2.28. The van der Waals surface area contributed by atoms with Gasteiger partial charge in [-0.3, -0.25) is 4.72 Å². The van der Waals surface area contributed by atoms with Crippen LogP contribution in [0, 0.1) is 13.8 Å². The van der Waals surface area contributed by atoms with E-state index >= 15 is 0 Å². The second-order valence-corrected chi connectivity index (χ2v) is 6.87. The third-order valence-electron chi connectivity index (χ3n) is 3.42. The monoisotopic (exact) mass is 329 g/mol. The minimum Gasteiger partial charge on any atom is -0.279 e. The van der Waals surface area contributed by atoms with Gasteiger partial charge in [0.25, 0.3) is 10.0 Å². The number of aryl methyl sites for hydroxylation is 2. The number of benzene rings is 2. The molecule has 0 spiro atoms. The Hall–Kier alpha value is -2.74. The lowest BCUT2D eigenvalue weighted by atomic mass is 10.1. The number of nitrogens with zero attached hydrogens (tertiary/aromatic N) is 3. The summed E-state index contributed by atoms with van der Waals surface area (Å²) in [5, 5.41) is 13.7. The smallest absolute Gasteiger partial charge is 0.261 e. The molecule has 8 heteroatoms. The Morgan fingerprint density at radius 3 is 2.43 bits per heavy atom. The molecule has 0 saturated heterocycles. The highest BCUT2D eigenvalue weighted by molar-refractivity contribution is 7.92. The molecule has 0 aliphatic carbocycles. The number of anilines is 1. The predicted molar refractivity (Wildman–Crippen MR) is 86.3 cm³/mol. The standard InChI is InChI=1S/C15H15N5O2S/c1-10-3-7-13(8-4-10)23(21,22)18-14-9-12(6-5-11(14)2)15-16-19-20-17-15/h3-9,18H,1-2H3,(H,16,17,19,20). The minimum absolute atomic E-state index is 0.215. The summed E-state index contributed by atoms with van der Waals surface area (Å²) in [6.07, 6.45) is 0. The summed E-state index contributed by atoms with van der Waals surface area (Å²) in [6, 6.07) is 12.0. The molecule has 0 saturated carbocycles. The van der Waals surface area contributed by atoms with Crippen LogP contribution in [0.15, 0.2) is 47.4 Å². The van der Waals surface area contributed by atoms with Gasteiger partial charge >= 0.3 is 0 Å². The van der Waals surface area contributed by atoms with Crippen molar-refractivity contribution in [3.63, 3.8) is 0 Å². The number of rotatable bonds is 4. The largest absolute Gasteiger partial charge is 0.279 e. The highest BCUT2D eigenvalue weighted by Crippen LogP contribution is 2.25.